The highest BCUT2D eigenvalue weighted by molar-refractivity contribution is 6.31. The molecule has 0 heterocycles. The van der Waals surface area contributed by atoms with Crippen LogP contribution in [0.1, 0.15) is 24.8 Å². The molecule has 0 fully saturated rings. The fraction of sp³-hybridized carbons (Fsp3) is 0.222. The molecule has 2 aromatic carbocycles. The van der Waals surface area contributed by atoms with Gasteiger partial charge in [0.2, 0.25) is 0 Å². The summed E-state index contributed by atoms with van der Waals surface area (Å²) in [4.78, 5) is 34.1. The van der Waals surface area contributed by atoms with E-state index in [0.717, 1.165) is 11.6 Å². The zero-order valence-corrected chi connectivity index (χ0v) is 14.7. The van der Waals surface area contributed by atoms with E-state index in [4.69, 9.17) is 16.3 Å². The maximum Gasteiger partial charge on any atom is 0.306 e. The Hall–Kier alpha value is -2.93. The third-order valence-electron chi connectivity index (χ3n) is 3.64. The van der Waals surface area contributed by atoms with E-state index < -0.39 is 23.4 Å². The van der Waals surface area contributed by atoms with Gasteiger partial charge >= 0.3 is 5.97 Å². The van der Waals surface area contributed by atoms with E-state index in [1.165, 1.54) is 12.1 Å². The number of nitrogens with zero attached hydrogens (tertiary/aromatic N) is 1. The molecule has 0 saturated heterocycles. The van der Waals surface area contributed by atoms with Gasteiger partial charge in [-0.2, -0.15) is 0 Å². The number of nitrogens with one attached hydrogen (secondary N) is 1. The lowest BCUT2D eigenvalue weighted by molar-refractivity contribution is -0.383. The van der Waals surface area contributed by atoms with E-state index >= 15 is 0 Å². The molecule has 0 saturated carbocycles. The van der Waals surface area contributed by atoms with Crippen LogP contribution in [-0.4, -0.2) is 23.4 Å². The van der Waals surface area contributed by atoms with Gasteiger partial charge in [0, 0.05) is 11.1 Å². The highest BCUT2D eigenvalue weighted by Crippen LogP contribution is 2.27. The van der Waals surface area contributed by atoms with Gasteiger partial charge in [-0.3, -0.25) is 19.7 Å². The molecule has 0 bridgehead atoms. The van der Waals surface area contributed by atoms with Gasteiger partial charge in [-0.15, -0.1) is 0 Å². The van der Waals surface area contributed by atoms with Crippen molar-refractivity contribution in [3.8, 4) is 0 Å². The predicted octanol–water partition coefficient (Wildman–Crippen LogP) is 3.92. The van der Waals surface area contributed by atoms with Crippen molar-refractivity contribution in [3.05, 3.63) is 69.2 Å². The molecule has 0 aliphatic heterocycles. The smallest absolute Gasteiger partial charge is 0.306 e. The van der Waals surface area contributed by atoms with Crippen LogP contribution >= 0.6 is 11.6 Å². The Morgan fingerprint density at radius 3 is 2.58 bits per heavy atom. The fourth-order valence-corrected chi connectivity index (χ4v) is 2.47. The number of hydrogen-bond acceptors (Lipinski definition) is 5. The SMILES string of the molecule is C[C@H](CC(=O)OCC(=O)Nc1ccc(Cl)cc1[N+](=O)[O-])c1ccccc1. The number of benzene rings is 2. The van der Waals surface area contributed by atoms with Crippen LogP contribution in [0.3, 0.4) is 0 Å². The summed E-state index contributed by atoms with van der Waals surface area (Å²) in [5, 5.41) is 13.5. The highest BCUT2D eigenvalue weighted by atomic mass is 35.5. The molecule has 2 rings (SSSR count). The fourth-order valence-electron chi connectivity index (χ4n) is 2.30. The zero-order chi connectivity index (χ0) is 19.1. The van der Waals surface area contributed by atoms with Crippen molar-refractivity contribution in [2.45, 2.75) is 19.3 Å². The molecule has 0 aromatic heterocycles. The molecular formula is C18H17ClN2O5. The van der Waals surface area contributed by atoms with Gasteiger partial charge in [-0.1, -0.05) is 48.9 Å². The van der Waals surface area contributed by atoms with Crippen LogP contribution < -0.4 is 5.32 Å². The lowest BCUT2D eigenvalue weighted by Crippen LogP contribution is -2.22. The van der Waals surface area contributed by atoms with Gasteiger partial charge in [0.1, 0.15) is 5.69 Å². The first-order valence-corrected chi connectivity index (χ1v) is 8.19. The molecule has 0 aliphatic carbocycles. The first-order valence-electron chi connectivity index (χ1n) is 7.81. The van der Waals surface area contributed by atoms with Crippen LogP contribution in [0.4, 0.5) is 11.4 Å². The Kier molecular flexibility index (Phi) is 6.68. The Morgan fingerprint density at radius 2 is 1.92 bits per heavy atom. The monoisotopic (exact) mass is 376 g/mol. The standard InChI is InChI=1S/C18H17ClN2O5/c1-12(13-5-3-2-4-6-13)9-18(23)26-11-17(22)20-15-8-7-14(19)10-16(15)21(24)25/h2-8,10,12H,9,11H2,1H3,(H,20,22)/t12-/m1/s1. The van der Waals surface area contributed by atoms with Crippen molar-refractivity contribution in [1.82, 2.24) is 0 Å². The third-order valence-corrected chi connectivity index (χ3v) is 3.87. The number of hydrogen-bond donors (Lipinski definition) is 1. The molecule has 26 heavy (non-hydrogen) atoms. The largest absolute Gasteiger partial charge is 0.456 e. The van der Waals surface area contributed by atoms with E-state index in [0.29, 0.717) is 0 Å². The molecule has 1 amide bonds. The van der Waals surface area contributed by atoms with Gasteiger partial charge < -0.3 is 10.1 Å². The molecule has 8 heteroatoms. The molecule has 2 aromatic rings. The number of anilines is 1. The topological polar surface area (TPSA) is 98.5 Å². The molecule has 0 radical (unpaired) electrons. The van der Waals surface area contributed by atoms with E-state index in [2.05, 4.69) is 5.32 Å². The molecule has 0 unspecified atom stereocenters. The number of halogens is 1. The Balaban J connectivity index is 1.87. The third kappa shape index (κ3) is 5.56. The van der Waals surface area contributed by atoms with Crippen molar-refractivity contribution in [2.75, 3.05) is 11.9 Å². The first kappa shape index (κ1) is 19.4. The number of amides is 1. The second-order valence-corrected chi connectivity index (χ2v) is 6.08. The van der Waals surface area contributed by atoms with Crippen LogP contribution in [0, 0.1) is 10.1 Å². The van der Waals surface area contributed by atoms with Crippen LogP contribution in [0.2, 0.25) is 5.02 Å². The van der Waals surface area contributed by atoms with Crippen LogP contribution in [0.15, 0.2) is 48.5 Å². The Labute approximate surface area is 155 Å². The summed E-state index contributed by atoms with van der Waals surface area (Å²) in [5.41, 5.74) is 0.638. The van der Waals surface area contributed by atoms with Gasteiger partial charge in [-0.05, 0) is 23.6 Å². The summed E-state index contributed by atoms with van der Waals surface area (Å²) in [6, 6.07) is 13.3. The lowest BCUT2D eigenvalue weighted by Gasteiger charge is -2.11. The number of nitro benzene ring substituents is 1. The average Bonchev–Trinajstić information content (AvgIpc) is 2.62. The second-order valence-electron chi connectivity index (χ2n) is 5.64. The van der Waals surface area contributed by atoms with Gasteiger partial charge in [0.25, 0.3) is 11.6 Å². The zero-order valence-electron chi connectivity index (χ0n) is 14.0. The minimum absolute atomic E-state index is 0.0156. The van der Waals surface area contributed by atoms with Crippen molar-refractivity contribution in [1.29, 1.82) is 0 Å². The Morgan fingerprint density at radius 1 is 1.23 bits per heavy atom. The molecule has 0 aliphatic rings. The van der Waals surface area contributed by atoms with Crippen LogP contribution in [0.5, 0.6) is 0 Å². The van der Waals surface area contributed by atoms with Crippen LogP contribution in [-0.2, 0) is 14.3 Å². The molecule has 7 nitrogen and oxygen atoms in total. The average molecular weight is 377 g/mol. The molecule has 0 spiro atoms. The van der Waals surface area contributed by atoms with Crippen molar-refractivity contribution >= 4 is 34.9 Å². The molecule has 1 N–H and O–H groups in total. The number of esters is 1. The molecule has 1 atom stereocenters. The second kappa shape index (κ2) is 8.96. The number of carbonyl (C=O) groups excluding carboxylic acids is 2. The quantitative estimate of drug-likeness (QED) is 0.448. The van der Waals surface area contributed by atoms with Crippen LogP contribution in [0.25, 0.3) is 0 Å². The Bertz CT molecular complexity index is 810. The van der Waals surface area contributed by atoms with Crippen molar-refractivity contribution in [3.63, 3.8) is 0 Å². The van der Waals surface area contributed by atoms with Crippen molar-refractivity contribution in [2.24, 2.45) is 0 Å². The first-order chi connectivity index (χ1) is 12.4. The number of ether oxygens (including phenoxy) is 1. The van der Waals surface area contributed by atoms with Gasteiger partial charge in [0.15, 0.2) is 6.61 Å². The summed E-state index contributed by atoms with van der Waals surface area (Å²) in [6.07, 6.45) is 0.123. The maximum atomic E-state index is 11.9. The highest BCUT2D eigenvalue weighted by Gasteiger charge is 2.18. The van der Waals surface area contributed by atoms with E-state index in [1.807, 2.05) is 37.3 Å². The lowest BCUT2D eigenvalue weighted by atomic mass is 9.98. The van der Waals surface area contributed by atoms with E-state index in [9.17, 15) is 19.7 Å². The number of carbonyl (C=O) groups is 2. The van der Waals surface area contributed by atoms with Gasteiger partial charge in [-0.25, -0.2) is 0 Å². The number of nitro groups is 1. The maximum absolute atomic E-state index is 11.9. The van der Waals surface area contributed by atoms with Gasteiger partial charge in [0.05, 0.1) is 11.3 Å². The summed E-state index contributed by atoms with van der Waals surface area (Å²) >= 11 is 5.71. The summed E-state index contributed by atoms with van der Waals surface area (Å²) in [7, 11) is 0. The van der Waals surface area contributed by atoms with E-state index in [-0.39, 0.29) is 28.7 Å². The summed E-state index contributed by atoms with van der Waals surface area (Å²) in [6.45, 7) is 1.36. The summed E-state index contributed by atoms with van der Waals surface area (Å²) in [5.74, 6) is -1.25. The predicted molar refractivity (Wildman–Crippen MR) is 97.2 cm³/mol. The van der Waals surface area contributed by atoms with Crippen molar-refractivity contribution < 1.29 is 19.2 Å². The normalized spacial score (nSPS) is 11.5. The minimum atomic E-state index is -0.670. The number of rotatable bonds is 7. The summed E-state index contributed by atoms with van der Waals surface area (Å²) < 4.78 is 4.95. The van der Waals surface area contributed by atoms with E-state index in [1.54, 1.807) is 0 Å². The molecule has 136 valence electrons. The minimum Gasteiger partial charge on any atom is -0.456 e. The molecular weight excluding hydrogens is 360 g/mol.